The van der Waals surface area contributed by atoms with Crippen molar-refractivity contribution in [3.63, 3.8) is 0 Å². The van der Waals surface area contributed by atoms with Crippen LogP contribution in [-0.2, 0) is 6.18 Å². The molecule has 1 aromatic rings. The topological polar surface area (TPSA) is 9.72 Å². The fourth-order valence-electron chi connectivity index (χ4n) is 5.28. The van der Waals surface area contributed by atoms with Gasteiger partial charge >= 0.3 is 6.18 Å². The van der Waals surface area contributed by atoms with Crippen LogP contribution in [0.3, 0.4) is 0 Å². The Hall–Kier alpha value is -1.27. The first-order valence-corrected chi connectivity index (χ1v) is 10.9. The Morgan fingerprint density at radius 1 is 0.750 bits per heavy atom. The van der Waals surface area contributed by atoms with Gasteiger partial charge < -0.3 is 4.90 Å². The lowest BCUT2D eigenvalue weighted by Crippen LogP contribution is -2.56. The zero-order valence-corrected chi connectivity index (χ0v) is 16.6. The molecule has 1 unspecified atom stereocenters. The van der Waals surface area contributed by atoms with E-state index in [2.05, 4.69) is 14.7 Å². The third kappa shape index (κ3) is 4.65. The quantitative estimate of drug-likeness (QED) is 0.739. The molecule has 28 heavy (non-hydrogen) atoms. The van der Waals surface area contributed by atoms with E-state index >= 15 is 0 Å². The second kappa shape index (κ2) is 8.62. The number of hydrogen-bond acceptors (Lipinski definition) is 3. The average molecular weight is 396 g/mol. The minimum Gasteiger partial charge on any atom is -0.369 e. The summed E-state index contributed by atoms with van der Waals surface area (Å²) in [5.41, 5.74) is 0.143. The number of piperidine rings is 1. The van der Waals surface area contributed by atoms with Gasteiger partial charge in [-0.15, -0.1) is 0 Å². The van der Waals surface area contributed by atoms with Crippen molar-refractivity contribution in [3.05, 3.63) is 29.8 Å². The van der Waals surface area contributed by atoms with Gasteiger partial charge in [-0.25, -0.2) is 0 Å². The van der Waals surface area contributed by atoms with E-state index in [0.29, 0.717) is 11.7 Å². The van der Waals surface area contributed by atoms with Gasteiger partial charge in [0.05, 0.1) is 5.56 Å². The molecule has 3 fully saturated rings. The first-order valence-electron chi connectivity index (χ1n) is 10.9. The number of likely N-dealkylation sites (tertiary alicyclic amines) is 1. The largest absolute Gasteiger partial charge is 0.416 e. The Morgan fingerprint density at radius 2 is 1.46 bits per heavy atom. The summed E-state index contributed by atoms with van der Waals surface area (Å²) in [4.78, 5) is 7.42. The Labute approximate surface area is 166 Å². The van der Waals surface area contributed by atoms with Crippen molar-refractivity contribution < 1.29 is 13.2 Å². The molecule has 2 saturated heterocycles. The number of piperazine rings is 1. The molecule has 6 heteroatoms. The van der Waals surface area contributed by atoms with Crippen molar-refractivity contribution in [2.45, 2.75) is 63.2 Å². The molecule has 3 nitrogen and oxygen atoms in total. The maximum Gasteiger partial charge on any atom is 0.416 e. The van der Waals surface area contributed by atoms with Crippen molar-refractivity contribution in [1.29, 1.82) is 0 Å². The van der Waals surface area contributed by atoms with E-state index < -0.39 is 11.7 Å². The number of alkyl halides is 3. The van der Waals surface area contributed by atoms with E-state index in [1.807, 2.05) is 0 Å². The molecule has 1 atom stereocenters. The number of anilines is 1. The first-order chi connectivity index (χ1) is 13.5. The number of halogens is 3. The Bertz CT molecular complexity index is 634. The van der Waals surface area contributed by atoms with E-state index in [1.165, 1.54) is 70.2 Å². The molecule has 2 heterocycles. The molecule has 0 N–H and O–H groups in total. The molecule has 2 aliphatic heterocycles. The summed E-state index contributed by atoms with van der Waals surface area (Å²) in [5.74, 6) is 0. The second-order valence-electron chi connectivity index (χ2n) is 8.65. The van der Waals surface area contributed by atoms with Crippen LogP contribution >= 0.6 is 0 Å². The predicted octanol–water partition coefficient (Wildman–Crippen LogP) is 4.62. The van der Waals surface area contributed by atoms with E-state index in [0.717, 1.165) is 38.3 Å². The van der Waals surface area contributed by atoms with Gasteiger partial charge in [0.1, 0.15) is 0 Å². The van der Waals surface area contributed by atoms with Crippen LogP contribution in [0.1, 0.15) is 50.5 Å². The molecule has 0 bridgehead atoms. The fraction of sp³-hybridized carbons (Fsp3) is 0.727. The lowest BCUT2D eigenvalue weighted by molar-refractivity contribution is -0.137. The first kappa shape index (κ1) is 20.0. The Kier molecular flexibility index (Phi) is 6.16. The van der Waals surface area contributed by atoms with Crippen LogP contribution in [0.15, 0.2) is 24.3 Å². The Morgan fingerprint density at radius 3 is 2.18 bits per heavy atom. The van der Waals surface area contributed by atoms with Crippen LogP contribution in [0.5, 0.6) is 0 Å². The van der Waals surface area contributed by atoms with Crippen molar-refractivity contribution in [2.75, 3.05) is 44.2 Å². The van der Waals surface area contributed by atoms with Crippen LogP contribution < -0.4 is 4.90 Å². The van der Waals surface area contributed by atoms with E-state index in [-0.39, 0.29) is 0 Å². The van der Waals surface area contributed by atoms with Crippen LogP contribution in [0.4, 0.5) is 18.9 Å². The molecule has 0 spiro atoms. The molecule has 0 aromatic heterocycles. The zero-order chi connectivity index (χ0) is 19.6. The van der Waals surface area contributed by atoms with Gasteiger partial charge in [0.2, 0.25) is 0 Å². The minimum absolute atomic E-state index is 0.553. The van der Waals surface area contributed by atoms with Crippen molar-refractivity contribution in [1.82, 2.24) is 9.80 Å². The van der Waals surface area contributed by atoms with Crippen molar-refractivity contribution >= 4 is 5.69 Å². The Balaban J connectivity index is 1.32. The van der Waals surface area contributed by atoms with Gasteiger partial charge in [-0.1, -0.05) is 25.3 Å². The number of hydrogen-bond donors (Lipinski definition) is 0. The summed E-state index contributed by atoms with van der Waals surface area (Å²) >= 11 is 0. The van der Waals surface area contributed by atoms with E-state index in [1.54, 1.807) is 6.07 Å². The highest BCUT2D eigenvalue weighted by molar-refractivity contribution is 5.49. The van der Waals surface area contributed by atoms with Crippen LogP contribution in [-0.4, -0.2) is 61.2 Å². The summed E-state index contributed by atoms with van der Waals surface area (Å²) in [6.45, 7) is 5.92. The maximum atomic E-state index is 13.0. The normalized spacial score (nSPS) is 26.5. The van der Waals surface area contributed by atoms with Crippen LogP contribution in [0.2, 0.25) is 0 Å². The predicted molar refractivity (Wildman–Crippen MR) is 107 cm³/mol. The third-order valence-electron chi connectivity index (χ3n) is 6.89. The highest BCUT2D eigenvalue weighted by atomic mass is 19.4. The highest BCUT2D eigenvalue weighted by Gasteiger charge is 2.33. The van der Waals surface area contributed by atoms with Crippen LogP contribution in [0.25, 0.3) is 0 Å². The third-order valence-corrected chi connectivity index (χ3v) is 6.89. The lowest BCUT2D eigenvalue weighted by atomic mass is 9.91. The zero-order valence-electron chi connectivity index (χ0n) is 16.6. The lowest BCUT2D eigenvalue weighted by Gasteiger charge is -2.46. The summed E-state index contributed by atoms with van der Waals surface area (Å²) in [6.07, 6.45) is 5.12. The van der Waals surface area contributed by atoms with Gasteiger partial charge in [0.25, 0.3) is 0 Å². The number of rotatable bonds is 3. The monoisotopic (exact) mass is 395 g/mol. The second-order valence-corrected chi connectivity index (χ2v) is 8.65. The minimum atomic E-state index is -4.28. The van der Waals surface area contributed by atoms with Gasteiger partial charge in [0.15, 0.2) is 0 Å². The van der Waals surface area contributed by atoms with Gasteiger partial charge in [-0.2, -0.15) is 13.2 Å². The molecule has 4 rings (SSSR count). The maximum absolute atomic E-state index is 13.0. The average Bonchev–Trinajstić information content (AvgIpc) is 2.74. The standard InChI is InChI=1S/C22H32F3N3/c23-22(24,25)18-6-4-9-20(16-18)26-12-14-27(15-13-26)21-10-5-11-28(17-21)19-7-2-1-3-8-19/h4,6,9,16,19,21H,1-3,5,7-8,10-15,17H2. The molecule has 0 radical (unpaired) electrons. The van der Waals surface area contributed by atoms with E-state index in [9.17, 15) is 13.2 Å². The van der Waals surface area contributed by atoms with Crippen molar-refractivity contribution in [2.24, 2.45) is 0 Å². The molecule has 1 saturated carbocycles. The summed E-state index contributed by atoms with van der Waals surface area (Å²) in [7, 11) is 0. The molecular formula is C22H32F3N3. The molecule has 0 amide bonds. The molecule has 1 aromatic carbocycles. The fourth-order valence-corrected chi connectivity index (χ4v) is 5.28. The highest BCUT2D eigenvalue weighted by Crippen LogP contribution is 2.32. The van der Waals surface area contributed by atoms with Gasteiger partial charge in [-0.05, 0) is 50.4 Å². The molecule has 3 aliphatic rings. The summed E-state index contributed by atoms with van der Waals surface area (Å²) in [6, 6.07) is 7.16. The molecule has 1 aliphatic carbocycles. The van der Waals surface area contributed by atoms with Gasteiger partial charge in [0, 0.05) is 50.5 Å². The number of nitrogens with zero attached hydrogens (tertiary/aromatic N) is 3. The van der Waals surface area contributed by atoms with E-state index in [4.69, 9.17) is 0 Å². The van der Waals surface area contributed by atoms with Gasteiger partial charge in [-0.3, -0.25) is 9.80 Å². The van der Waals surface area contributed by atoms with Crippen molar-refractivity contribution in [3.8, 4) is 0 Å². The molecule has 156 valence electrons. The van der Waals surface area contributed by atoms with Crippen LogP contribution in [0, 0.1) is 0 Å². The SMILES string of the molecule is FC(F)(F)c1cccc(N2CCN(C3CCCN(C4CCCCC4)C3)CC2)c1. The molecular weight excluding hydrogens is 363 g/mol. The summed E-state index contributed by atoms with van der Waals surface area (Å²) in [5, 5.41) is 0. The summed E-state index contributed by atoms with van der Waals surface area (Å²) < 4.78 is 39.0. The smallest absolute Gasteiger partial charge is 0.369 e. The number of benzene rings is 1.